The third-order valence-corrected chi connectivity index (χ3v) is 5.82. The number of hydrogen-bond donors (Lipinski definition) is 10. The van der Waals surface area contributed by atoms with E-state index in [1.807, 2.05) is 10.3 Å². The highest BCUT2D eigenvalue weighted by atomic mass is 35.5. The van der Waals surface area contributed by atoms with Crippen LogP contribution < -0.4 is 25.7 Å². The van der Waals surface area contributed by atoms with E-state index in [-0.39, 0.29) is 16.5 Å². The highest BCUT2D eigenvalue weighted by Gasteiger charge is 2.31. The number of phenolic OH excluding ortho intramolecular Hbond substituents is 5. The van der Waals surface area contributed by atoms with E-state index in [9.17, 15) is 50.1 Å². The lowest BCUT2D eigenvalue weighted by Gasteiger charge is -2.19. The Labute approximate surface area is 228 Å². The molecular weight excluding hydrogens is 560 g/mol. The van der Waals surface area contributed by atoms with Gasteiger partial charge in [0, 0.05) is 25.7 Å². The molecule has 2 aromatic carbocycles. The van der Waals surface area contributed by atoms with E-state index in [0.717, 1.165) is 11.0 Å². The Kier molecular flexibility index (Phi) is 7.86. The summed E-state index contributed by atoms with van der Waals surface area (Å²) < 4.78 is 10.2. The number of halogens is 1. The van der Waals surface area contributed by atoms with E-state index in [4.69, 9.17) is 21.1 Å². The van der Waals surface area contributed by atoms with Crippen molar-refractivity contribution in [2.75, 3.05) is 31.8 Å². The van der Waals surface area contributed by atoms with E-state index >= 15 is 0 Å². The predicted octanol–water partition coefficient (Wildman–Crippen LogP) is 2.42. The summed E-state index contributed by atoms with van der Waals surface area (Å²) >= 11 is 5.98. The number of carbonyl (C=O) groups excluding carboxylic acids is 2. The molecule has 0 aliphatic carbocycles. The molecule has 40 heavy (non-hydrogen) atoms. The number of aromatic hydroxyl groups is 7. The van der Waals surface area contributed by atoms with Crippen LogP contribution >= 0.6 is 11.6 Å². The molecule has 3 amide bonds. The van der Waals surface area contributed by atoms with Crippen LogP contribution in [0.2, 0.25) is 5.02 Å². The fourth-order valence-corrected chi connectivity index (χ4v) is 3.57. The summed E-state index contributed by atoms with van der Waals surface area (Å²) in [7, 11) is 3.81. The molecule has 3 rings (SSSR count). The minimum absolute atomic E-state index is 0.0207. The van der Waals surface area contributed by atoms with Gasteiger partial charge < -0.3 is 65.7 Å². The molecule has 0 saturated heterocycles. The van der Waals surface area contributed by atoms with Crippen LogP contribution in [-0.4, -0.2) is 78.8 Å². The van der Waals surface area contributed by atoms with Crippen LogP contribution in [0.15, 0.2) is 10.9 Å². The Bertz CT molecular complexity index is 1570. The molecule has 0 radical (unpaired) electrons. The number of hydrogen-bond acceptors (Lipinski definition) is 12. The van der Waals surface area contributed by atoms with Gasteiger partial charge in [0.1, 0.15) is 17.1 Å². The zero-order valence-corrected chi connectivity index (χ0v) is 21.8. The van der Waals surface area contributed by atoms with E-state index in [0.29, 0.717) is 5.56 Å². The number of aromatic amines is 1. The van der Waals surface area contributed by atoms with Gasteiger partial charge in [0.2, 0.25) is 28.7 Å². The number of aromatic nitrogens is 1. The average molecular weight is 583 g/mol. The summed E-state index contributed by atoms with van der Waals surface area (Å²) in [4.78, 5) is 39.8. The van der Waals surface area contributed by atoms with Gasteiger partial charge in [-0.1, -0.05) is 11.6 Å². The Morgan fingerprint density at radius 2 is 1.38 bits per heavy atom. The van der Waals surface area contributed by atoms with Crippen molar-refractivity contribution in [2.24, 2.45) is 0 Å². The van der Waals surface area contributed by atoms with Gasteiger partial charge in [-0.2, -0.15) is 0 Å². The summed E-state index contributed by atoms with van der Waals surface area (Å²) in [6.45, 7) is 1.53. The number of rotatable bonds is 6. The number of benzene rings is 2. The second kappa shape index (κ2) is 10.8. The number of pyridine rings is 1. The van der Waals surface area contributed by atoms with Crippen molar-refractivity contribution in [3.8, 4) is 57.5 Å². The maximum Gasteiger partial charge on any atom is 0.324 e. The zero-order valence-electron chi connectivity index (χ0n) is 21.1. The van der Waals surface area contributed by atoms with Crippen LogP contribution in [-0.2, 0) is 0 Å². The average Bonchev–Trinajstić information content (AvgIpc) is 2.90. The first-order valence-corrected chi connectivity index (χ1v) is 11.2. The number of anilines is 2. The number of carbonyl (C=O) groups is 2. The Morgan fingerprint density at radius 1 is 0.850 bits per heavy atom. The molecule has 0 saturated carbocycles. The second-order valence-electron chi connectivity index (χ2n) is 8.25. The van der Waals surface area contributed by atoms with Crippen molar-refractivity contribution in [2.45, 2.75) is 6.92 Å². The highest BCUT2D eigenvalue weighted by molar-refractivity contribution is 6.32. The summed E-state index contributed by atoms with van der Waals surface area (Å²) in [5.41, 5.74) is -2.90. The number of phenols is 5. The van der Waals surface area contributed by atoms with E-state index in [1.165, 1.54) is 28.1 Å². The predicted molar refractivity (Wildman–Crippen MR) is 139 cm³/mol. The fourth-order valence-electron chi connectivity index (χ4n) is 3.38. The lowest BCUT2D eigenvalue weighted by Crippen LogP contribution is -2.25. The lowest BCUT2D eigenvalue weighted by molar-refractivity contribution is 0.0817. The first kappa shape index (κ1) is 29.2. The van der Waals surface area contributed by atoms with Crippen molar-refractivity contribution in [3.63, 3.8) is 0 Å². The first-order chi connectivity index (χ1) is 18.6. The lowest BCUT2D eigenvalue weighted by atomic mass is 10.1. The molecule has 3 aromatic rings. The molecule has 16 nitrogen and oxygen atoms in total. The summed E-state index contributed by atoms with van der Waals surface area (Å²) in [5.74, 6) is -11.4. The summed E-state index contributed by atoms with van der Waals surface area (Å²) in [5, 5.41) is 76.7. The van der Waals surface area contributed by atoms with Gasteiger partial charge in [-0.3, -0.25) is 9.59 Å². The first-order valence-electron chi connectivity index (χ1n) is 10.8. The number of H-pyrrole nitrogens is 1. The summed E-state index contributed by atoms with van der Waals surface area (Å²) in [6, 6.07) is -0.102. The maximum atomic E-state index is 12.6. The second-order valence-corrected chi connectivity index (χ2v) is 8.65. The Morgan fingerprint density at radius 3 is 1.90 bits per heavy atom. The van der Waals surface area contributed by atoms with Crippen LogP contribution in [0.3, 0.4) is 0 Å². The molecule has 0 bridgehead atoms. The van der Waals surface area contributed by atoms with Gasteiger partial charge >= 0.3 is 6.03 Å². The molecule has 10 N–H and O–H groups in total. The minimum Gasteiger partial charge on any atom is -0.506 e. The SMILES string of the molecule is COc1c(C)c(Cl)cc(O)c1NC(=O)Nc1c(O)c(O)c(Oc2c(O)c(C(=O)N(C)C)[nH]c(=O)c2O)c(O)c1O. The van der Waals surface area contributed by atoms with E-state index in [1.54, 1.807) is 0 Å². The molecule has 0 spiro atoms. The molecule has 17 heteroatoms. The molecule has 0 atom stereocenters. The molecule has 0 aliphatic rings. The monoisotopic (exact) mass is 582 g/mol. The topological polar surface area (TPSA) is 254 Å². The van der Waals surface area contributed by atoms with Crippen LogP contribution in [0.25, 0.3) is 0 Å². The largest absolute Gasteiger partial charge is 0.506 e. The van der Waals surface area contributed by atoms with Gasteiger partial charge in [0.05, 0.1) is 12.1 Å². The van der Waals surface area contributed by atoms with Crippen LogP contribution in [0.1, 0.15) is 16.1 Å². The third kappa shape index (κ3) is 5.02. The molecule has 0 aliphatic heterocycles. The molecule has 214 valence electrons. The number of urea groups is 1. The maximum absolute atomic E-state index is 12.6. The van der Waals surface area contributed by atoms with E-state index < -0.39 is 80.6 Å². The van der Waals surface area contributed by atoms with Crippen molar-refractivity contribution in [3.05, 3.63) is 32.7 Å². The Hall–Kier alpha value is -5.38. The molecule has 0 fully saturated rings. The van der Waals surface area contributed by atoms with Gasteiger partial charge in [-0.05, 0) is 6.92 Å². The van der Waals surface area contributed by atoms with Crippen LogP contribution in [0, 0.1) is 6.92 Å². The Balaban J connectivity index is 2.03. The standard InChI is InChI=1S/C23H23ClN4O12/c1-6-7(24)5-8(29)9(18(6)39-4)26-23(38)27-10-12(30)15(33)20(16(34)13(10)31)40-19-14(32)11(22(37)28(2)3)25-21(36)17(19)35/h5,29-35H,1-4H3,(H,25,36)(H2,26,27,38). The fraction of sp³-hybridized carbons (Fsp3) is 0.174. The summed E-state index contributed by atoms with van der Waals surface area (Å²) in [6.07, 6.45) is 0. The van der Waals surface area contributed by atoms with Crippen molar-refractivity contribution in [1.29, 1.82) is 0 Å². The van der Waals surface area contributed by atoms with Crippen molar-refractivity contribution in [1.82, 2.24) is 9.88 Å². The number of ether oxygens (including phenoxy) is 2. The highest BCUT2D eigenvalue weighted by Crippen LogP contribution is 2.56. The van der Waals surface area contributed by atoms with E-state index in [2.05, 4.69) is 5.32 Å². The minimum atomic E-state index is -1.34. The smallest absolute Gasteiger partial charge is 0.324 e. The van der Waals surface area contributed by atoms with Crippen molar-refractivity contribution >= 4 is 34.9 Å². The number of methoxy groups -OCH3 is 1. The van der Waals surface area contributed by atoms with Crippen molar-refractivity contribution < 1.29 is 54.8 Å². The molecule has 1 heterocycles. The molecule has 0 unspecified atom stereocenters. The number of nitrogens with one attached hydrogen (secondary N) is 3. The van der Waals surface area contributed by atoms with Gasteiger partial charge in [-0.15, -0.1) is 0 Å². The third-order valence-electron chi connectivity index (χ3n) is 5.42. The van der Waals surface area contributed by atoms with Gasteiger partial charge in [0.25, 0.3) is 11.5 Å². The van der Waals surface area contributed by atoms with Crippen LogP contribution in [0.4, 0.5) is 16.2 Å². The normalized spacial score (nSPS) is 10.6. The quantitative estimate of drug-likeness (QED) is 0.148. The number of nitrogens with zero attached hydrogens (tertiary/aromatic N) is 1. The van der Waals surface area contributed by atoms with Crippen LogP contribution in [0.5, 0.6) is 57.5 Å². The van der Waals surface area contributed by atoms with Gasteiger partial charge in [-0.25, -0.2) is 4.79 Å². The molecular formula is C23H23ClN4O12. The molecule has 1 aromatic heterocycles. The zero-order chi connectivity index (χ0) is 30.2. The van der Waals surface area contributed by atoms with Gasteiger partial charge in [0.15, 0.2) is 28.7 Å². The number of amides is 3.